The van der Waals surface area contributed by atoms with E-state index in [0.717, 1.165) is 10.8 Å². The first-order chi connectivity index (χ1) is 21.2. The first-order valence-electron chi connectivity index (χ1n) is 15.5. The van der Waals surface area contributed by atoms with Crippen molar-refractivity contribution in [3.8, 4) is 22.3 Å². The molecule has 36 heavy (non-hydrogen) atoms. The second kappa shape index (κ2) is 7.34. The number of benzene rings is 6. The molecule has 2 heteroatoms. The van der Waals surface area contributed by atoms with Gasteiger partial charge in [0.2, 0.25) is 0 Å². The van der Waals surface area contributed by atoms with Crippen molar-refractivity contribution in [3.63, 3.8) is 0 Å². The molecule has 0 spiro atoms. The van der Waals surface area contributed by atoms with E-state index in [1.54, 1.807) is 30.3 Å². The van der Waals surface area contributed by atoms with Gasteiger partial charge in [0, 0.05) is 21.9 Å². The summed E-state index contributed by atoms with van der Waals surface area (Å²) in [5.41, 5.74) is 3.13. The average Bonchev–Trinajstić information content (AvgIpc) is 3.68. The first kappa shape index (κ1) is 13.3. The van der Waals surface area contributed by atoms with Gasteiger partial charge in [0.15, 0.2) is 0 Å². The molecule has 2 heterocycles. The number of fused-ring (bicyclic) bond motifs is 7. The zero-order chi connectivity index (χ0) is 30.6. The first-order valence-corrected chi connectivity index (χ1v) is 11.5. The fraction of sp³-hybridized carbons (Fsp3) is 0. The van der Waals surface area contributed by atoms with Gasteiger partial charge in [-0.15, -0.1) is 0 Å². The predicted octanol–water partition coefficient (Wildman–Crippen LogP) is 9.97. The topological polar surface area (TPSA) is 26.3 Å². The average molecular weight is 469 g/mol. The van der Waals surface area contributed by atoms with Crippen LogP contribution in [0.5, 0.6) is 0 Å². The Bertz CT molecular complexity index is 2450. The molecule has 0 amide bonds. The molecule has 0 bridgehead atoms. The SMILES string of the molecule is [2H]c1c([2H])c([2H])c2c(-c3cc4c5ccccc5oc4c4ccoc34)c3c([2H])c([2H])c([2H])c([2H])c3c(-c3ccccc3)c2c1[2H]. The molecule has 6 aromatic carbocycles. The second-order valence-electron chi connectivity index (χ2n) is 8.68. The van der Waals surface area contributed by atoms with Crippen molar-refractivity contribution in [1.29, 1.82) is 0 Å². The molecular weight excluding hydrogens is 440 g/mol. The van der Waals surface area contributed by atoms with Crippen molar-refractivity contribution >= 4 is 54.5 Å². The maximum atomic E-state index is 9.17. The molecule has 2 aromatic heterocycles. The third-order valence-corrected chi connectivity index (χ3v) is 6.78. The Balaban J connectivity index is 1.74. The molecule has 168 valence electrons. The van der Waals surface area contributed by atoms with E-state index < -0.39 is 24.2 Å². The summed E-state index contributed by atoms with van der Waals surface area (Å²) in [5, 5.41) is 2.78. The Labute approximate surface area is 218 Å². The lowest BCUT2D eigenvalue weighted by atomic mass is 9.85. The minimum absolute atomic E-state index is 0.136. The molecule has 0 N–H and O–H groups in total. The molecule has 0 saturated heterocycles. The maximum absolute atomic E-state index is 9.17. The Kier molecular flexibility index (Phi) is 2.71. The van der Waals surface area contributed by atoms with Gasteiger partial charge in [0.05, 0.1) is 22.6 Å². The minimum Gasteiger partial charge on any atom is -0.464 e. The number of furan rings is 2. The van der Waals surface area contributed by atoms with Crippen LogP contribution in [-0.4, -0.2) is 0 Å². The quantitative estimate of drug-likeness (QED) is 0.236. The molecule has 8 rings (SSSR count). The van der Waals surface area contributed by atoms with Crippen molar-refractivity contribution < 1.29 is 19.8 Å². The van der Waals surface area contributed by atoms with E-state index in [2.05, 4.69) is 0 Å². The monoisotopic (exact) mass is 468 g/mol. The lowest BCUT2D eigenvalue weighted by molar-refractivity contribution is 0.616. The van der Waals surface area contributed by atoms with Gasteiger partial charge < -0.3 is 8.83 Å². The van der Waals surface area contributed by atoms with E-state index in [4.69, 9.17) is 17.1 Å². The predicted molar refractivity (Wildman–Crippen MR) is 149 cm³/mol. The highest BCUT2D eigenvalue weighted by atomic mass is 16.3. The molecule has 0 aliphatic rings. The van der Waals surface area contributed by atoms with Gasteiger partial charge in [-0.1, -0.05) is 96.9 Å². The van der Waals surface area contributed by atoms with Crippen LogP contribution < -0.4 is 0 Å². The van der Waals surface area contributed by atoms with Gasteiger partial charge in [0.25, 0.3) is 0 Å². The minimum atomic E-state index is -0.450. The highest BCUT2D eigenvalue weighted by Gasteiger charge is 2.22. The maximum Gasteiger partial charge on any atom is 0.146 e. The standard InChI is InChI=1S/C34H20O2/c1-2-10-21(11-3-1)31-23-13-4-6-15-25(23)32(26-16-7-5-14-24(26)31)29-20-28-22-12-8-9-17-30(22)36-34(28)27-18-19-35-33(27)29/h1-20H/i4D,5D,6D,7D,13D,14D,15D,16D. The summed E-state index contributed by atoms with van der Waals surface area (Å²) >= 11 is 0. The lowest BCUT2D eigenvalue weighted by Gasteiger charge is -2.18. The van der Waals surface area contributed by atoms with E-state index in [1.165, 1.54) is 6.26 Å². The van der Waals surface area contributed by atoms with Crippen LogP contribution in [0.4, 0.5) is 0 Å². The Morgan fingerprint density at radius 1 is 0.528 bits per heavy atom. The van der Waals surface area contributed by atoms with Gasteiger partial charge in [0.1, 0.15) is 16.7 Å². The van der Waals surface area contributed by atoms with Gasteiger partial charge in [-0.05, 0) is 50.9 Å². The fourth-order valence-electron chi connectivity index (χ4n) is 5.29. The number of para-hydroxylation sites is 1. The summed E-state index contributed by atoms with van der Waals surface area (Å²) in [6, 6.07) is 17.0. The molecule has 0 saturated carbocycles. The van der Waals surface area contributed by atoms with Crippen LogP contribution in [-0.2, 0) is 0 Å². The smallest absolute Gasteiger partial charge is 0.146 e. The summed E-state index contributed by atoms with van der Waals surface area (Å²) in [5.74, 6) is 0. The van der Waals surface area contributed by atoms with Crippen molar-refractivity contribution in [2.45, 2.75) is 0 Å². The van der Waals surface area contributed by atoms with E-state index in [0.29, 0.717) is 38.8 Å². The molecule has 0 radical (unpaired) electrons. The molecule has 8 aromatic rings. The van der Waals surface area contributed by atoms with Crippen LogP contribution >= 0.6 is 0 Å². The summed E-state index contributed by atoms with van der Waals surface area (Å²) in [6.45, 7) is 0. The normalized spacial score (nSPS) is 15.0. The highest BCUT2D eigenvalue weighted by Crippen LogP contribution is 2.47. The van der Waals surface area contributed by atoms with E-state index >= 15 is 0 Å². The summed E-state index contributed by atoms with van der Waals surface area (Å²) in [7, 11) is 0. The van der Waals surface area contributed by atoms with Crippen molar-refractivity contribution in [2.24, 2.45) is 0 Å². The summed E-state index contributed by atoms with van der Waals surface area (Å²) in [6.07, 6.45) is 1.51. The van der Waals surface area contributed by atoms with Crippen molar-refractivity contribution in [3.05, 3.63) is 121 Å². The number of rotatable bonds is 2. The van der Waals surface area contributed by atoms with Crippen molar-refractivity contribution in [1.82, 2.24) is 0 Å². The molecule has 0 atom stereocenters. The lowest BCUT2D eigenvalue weighted by Crippen LogP contribution is -1.91. The highest BCUT2D eigenvalue weighted by molar-refractivity contribution is 6.26. The largest absolute Gasteiger partial charge is 0.464 e. The zero-order valence-electron chi connectivity index (χ0n) is 26.7. The van der Waals surface area contributed by atoms with Gasteiger partial charge in [-0.3, -0.25) is 0 Å². The van der Waals surface area contributed by atoms with E-state index in [9.17, 15) is 2.74 Å². The molecular formula is C34H20O2. The van der Waals surface area contributed by atoms with Crippen molar-refractivity contribution in [2.75, 3.05) is 0 Å². The summed E-state index contributed by atoms with van der Waals surface area (Å²) < 4.78 is 83.2. The van der Waals surface area contributed by atoms with Crippen LogP contribution in [0.15, 0.2) is 130 Å². The van der Waals surface area contributed by atoms with Gasteiger partial charge in [-0.25, -0.2) is 0 Å². The molecule has 0 aliphatic carbocycles. The second-order valence-corrected chi connectivity index (χ2v) is 8.68. The molecule has 2 nitrogen and oxygen atoms in total. The van der Waals surface area contributed by atoms with Crippen LogP contribution in [0.3, 0.4) is 0 Å². The van der Waals surface area contributed by atoms with Crippen LogP contribution in [0.1, 0.15) is 11.0 Å². The number of hydrogen-bond acceptors (Lipinski definition) is 2. The zero-order valence-corrected chi connectivity index (χ0v) is 18.7. The molecule has 0 fully saturated rings. The van der Waals surface area contributed by atoms with Gasteiger partial charge in [-0.2, -0.15) is 0 Å². The van der Waals surface area contributed by atoms with E-state index in [1.807, 2.05) is 36.4 Å². The van der Waals surface area contributed by atoms with Gasteiger partial charge >= 0.3 is 0 Å². The van der Waals surface area contributed by atoms with Crippen LogP contribution in [0.2, 0.25) is 0 Å². The Hall–Kier alpha value is -4.82. The third kappa shape index (κ3) is 2.61. The van der Waals surface area contributed by atoms with E-state index in [-0.39, 0.29) is 51.3 Å². The summed E-state index contributed by atoms with van der Waals surface area (Å²) in [4.78, 5) is 0. The Morgan fingerprint density at radius 3 is 1.89 bits per heavy atom. The Morgan fingerprint density at radius 2 is 1.17 bits per heavy atom. The third-order valence-electron chi connectivity index (χ3n) is 6.78. The number of hydrogen-bond donors (Lipinski definition) is 0. The molecule has 0 unspecified atom stereocenters. The van der Waals surface area contributed by atoms with Crippen LogP contribution in [0, 0.1) is 0 Å². The molecule has 0 aliphatic heterocycles. The van der Waals surface area contributed by atoms with Crippen LogP contribution in [0.25, 0.3) is 76.7 Å². The fourth-order valence-corrected chi connectivity index (χ4v) is 5.29.